The van der Waals surface area contributed by atoms with E-state index < -0.39 is 10.8 Å². The molecule has 0 fully saturated rings. The fourth-order valence-electron chi connectivity index (χ4n) is 2.04. The average molecular weight is 316 g/mol. The number of hydrogen-bond acceptors (Lipinski definition) is 5. The molecule has 2 rings (SSSR count). The van der Waals surface area contributed by atoms with Gasteiger partial charge >= 0.3 is 0 Å². The maximum absolute atomic E-state index is 12.0. The van der Waals surface area contributed by atoms with Gasteiger partial charge in [-0.2, -0.15) is 0 Å². The fraction of sp³-hybridized carbons (Fsp3) is 0.267. The SMILES string of the molecule is Cc1ncn(CCNC(=O)c2ccccc2[N+](=O)[O-])c(=O)c1C. The Hall–Kier alpha value is -3.03. The van der Waals surface area contributed by atoms with Crippen LogP contribution in [0.2, 0.25) is 0 Å². The van der Waals surface area contributed by atoms with Gasteiger partial charge in [-0.1, -0.05) is 12.1 Å². The van der Waals surface area contributed by atoms with Crippen LogP contribution in [0.4, 0.5) is 5.69 Å². The number of nitrogens with zero attached hydrogens (tertiary/aromatic N) is 3. The third-order valence-electron chi connectivity index (χ3n) is 3.50. The number of aromatic nitrogens is 2. The first-order valence-corrected chi connectivity index (χ1v) is 6.96. The Morgan fingerprint density at radius 2 is 2.04 bits per heavy atom. The number of amides is 1. The van der Waals surface area contributed by atoms with E-state index in [1.54, 1.807) is 19.9 Å². The molecule has 2 aromatic rings. The number of rotatable bonds is 5. The van der Waals surface area contributed by atoms with Crippen molar-refractivity contribution in [2.45, 2.75) is 20.4 Å². The lowest BCUT2D eigenvalue weighted by molar-refractivity contribution is -0.385. The molecule has 1 aromatic heterocycles. The first kappa shape index (κ1) is 16.3. The van der Waals surface area contributed by atoms with Crippen molar-refractivity contribution in [3.05, 3.63) is 67.9 Å². The molecule has 0 unspecified atom stereocenters. The quantitative estimate of drug-likeness (QED) is 0.659. The van der Waals surface area contributed by atoms with Crippen LogP contribution >= 0.6 is 0 Å². The zero-order valence-electron chi connectivity index (χ0n) is 12.8. The second-order valence-electron chi connectivity index (χ2n) is 4.98. The molecule has 0 saturated heterocycles. The van der Waals surface area contributed by atoms with Crippen LogP contribution in [-0.2, 0) is 6.54 Å². The van der Waals surface area contributed by atoms with E-state index in [1.807, 2.05) is 0 Å². The molecule has 0 aliphatic rings. The second kappa shape index (κ2) is 6.82. The molecule has 1 amide bonds. The molecule has 0 aliphatic carbocycles. The molecule has 120 valence electrons. The number of carbonyl (C=O) groups is 1. The number of benzene rings is 1. The van der Waals surface area contributed by atoms with Gasteiger partial charge in [-0.25, -0.2) is 4.98 Å². The van der Waals surface area contributed by atoms with Crippen molar-refractivity contribution in [1.29, 1.82) is 0 Å². The monoisotopic (exact) mass is 316 g/mol. The molecule has 1 heterocycles. The Bertz CT molecular complexity index is 813. The normalized spacial score (nSPS) is 10.3. The maximum Gasteiger partial charge on any atom is 0.282 e. The van der Waals surface area contributed by atoms with Crippen molar-refractivity contribution in [2.75, 3.05) is 6.54 Å². The van der Waals surface area contributed by atoms with Crippen LogP contribution in [0.25, 0.3) is 0 Å². The summed E-state index contributed by atoms with van der Waals surface area (Å²) < 4.78 is 1.39. The lowest BCUT2D eigenvalue weighted by Crippen LogP contribution is -2.32. The summed E-state index contributed by atoms with van der Waals surface area (Å²) in [5, 5.41) is 13.5. The maximum atomic E-state index is 12.0. The standard InChI is InChI=1S/C15H16N4O4/c1-10-11(2)17-9-18(15(10)21)8-7-16-14(20)12-5-3-4-6-13(12)19(22)23/h3-6,9H,7-8H2,1-2H3,(H,16,20). The molecule has 8 heteroatoms. The molecular weight excluding hydrogens is 300 g/mol. The summed E-state index contributed by atoms with van der Waals surface area (Å²) in [6.45, 7) is 3.83. The van der Waals surface area contributed by atoms with Gasteiger partial charge in [0.2, 0.25) is 0 Å². The molecule has 1 aromatic carbocycles. The van der Waals surface area contributed by atoms with Gasteiger partial charge in [0, 0.05) is 30.4 Å². The number of nitro groups is 1. The van der Waals surface area contributed by atoms with E-state index in [0.717, 1.165) is 0 Å². The average Bonchev–Trinajstić information content (AvgIpc) is 2.54. The number of para-hydroxylation sites is 1. The highest BCUT2D eigenvalue weighted by molar-refractivity contribution is 5.98. The van der Waals surface area contributed by atoms with Crippen LogP contribution in [0.3, 0.4) is 0 Å². The minimum atomic E-state index is -0.604. The summed E-state index contributed by atoms with van der Waals surface area (Å²) in [6.07, 6.45) is 1.42. The Morgan fingerprint density at radius 3 is 2.74 bits per heavy atom. The van der Waals surface area contributed by atoms with Gasteiger partial charge in [0.1, 0.15) is 5.56 Å². The van der Waals surface area contributed by atoms with Crippen molar-refractivity contribution in [2.24, 2.45) is 0 Å². The Labute approximate surface area is 131 Å². The van der Waals surface area contributed by atoms with Gasteiger partial charge in [0.25, 0.3) is 17.2 Å². The summed E-state index contributed by atoms with van der Waals surface area (Å²) in [7, 11) is 0. The summed E-state index contributed by atoms with van der Waals surface area (Å²) in [6, 6.07) is 5.71. The lowest BCUT2D eigenvalue weighted by Gasteiger charge is -2.09. The first-order valence-electron chi connectivity index (χ1n) is 6.96. The van der Waals surface area contributed by atoms with Crippen LogP contribution in [0.1, 0.15) is 21.6 Å². The van der Waals surface area contributed by atoms with Crippen LogP contribution in [0, 0.1) is 24.0 Å². The number of hydrogen-bond donors (Lipinski definition) is 1. The van der Waals surface area contributed by atoms with E-state index in [9.17, 15) is 19.7 Å². The fourth-order valence-corrected chi connectivity index (χ4v) is 2.04. The van der Waals surface area contributed by atoms with Crippen molar-refractivity contribution in [3.63, 3.8) is 0 Å². The second-order valence-corrected chi connectivity index (χ2v) is 4.98. The lowest BCUT2D eigenvalue weighted by atomic mass is 10.1. The van der Waals surface area contributed by atoms with Gasteiger partial charge in [0.15, 0.2) is 0 Å². The Kier molecular flexibility index (Phi) is 4.85. The van der Waals surface area contributed by atoms with Gasteiger partial charge in [-0.15, -0.1) is 0 Å². The number of nitrogens with one attached hydrogen (secondary N) is 1. The van der Waals surface area contributed by atoms with Crippen molar-refractivity contribution >= 4 is 11.6 Å². The topological polar surface area (TPSA) is 107 Å². The molecule has 0 radical (unpaired) electrons. The third kappa shape index (κ3) is 3.60. The summed E-state index contributed by atoms with van der Waals surface area (Å²) in [5.41, 5.74) is 0.781. The van der Waals surface area contributed by atoms with Gasteiger partial charge in [0.05, 0.1) is 11.3 Å². The molecule has 0 aliphatic heterocycles. The molecule has 8 nitrogen and oxygen atoms in total. The number of nitro benzene ring substituents is 1. The highest BCUT2D eigenvalue weighted by atomic mass is 16.6. The minimum absolute atomic E-state index is 0.0111. The Balaban J connectivity index is 2.05. The van der Waals surface area contributed by atoms with E-state index in [2.05, 4.69) is 10.3 Å². The van der Waals surface area contributed by atoms with Crippen LogP contribution in [-0.4, -0.2) is 26.9 Å². The van der Waals surface area contributed by atoms with Crippen molar-refractivity contribution in [1.82, 2.24) is 14.9 Å². The molecule has 0 bridgehead atoms. The molecule has 23 heavy (non-hydrogen) atoms. The number of aryl methyl sites for hydroxylation is 1. The van der Waals surface area contributed by atoms with Crippen LogP contribution in [0.15, 0.2) is 35.4 Å². The smallest absolute Gasteiger partial charge is 0.282 e. The van der Waals surface area contributed by atoms with E-state index in [0.29, 0.717) is 11.3 Å². The molecule has 0 atom stereocenters. The van der Waals surface area contributed by atoms with E-state index in [-0.39, 0.29) is 29.9 Å². The van der Waals surface area contributed by atoms with Gasteiger partial charge in [-0.3, -0.25) is 24.3 Å². The largest absolute Gasteiger partial charge is 0.350 e. The zero-order chi connectivity index (χ0) is 17.0. The summed E-state index contributed by atoms with van der Waals surface area (Å²) >= 11 is 0. The van der Waals surface area contributed by atoms with Crippen molar-refractivity contribution < 1.29 is 9.72 Å². The van der Waals surface area contributed by atoms with Gasteiger partial charge in [-0.05, 0) is 19.9 Å². The van der Waals surface area contributed by atoms with Crippen LogP contribution in [0.5, 0.6) is 0 Å². The first-order chi connectivity index (χ1) is 10.9. The number of carbonyl (C=O) groups excluding carboxylic acids is 1. The third-order valence-corrected chi connectivity index (χ3v) is 3.50. The minimum Gasteiger partial charge on any atom is -0.350 e. The highest BCUT2D eigenvalue weighted by Crippen LogP contribution is 2.17. The van der Waals surface area contributed by atoms with Crippen LogP contribution < -0.4 is 10.9 Å². The highest BCUT2D eigenvalue weighted by Gasteiger charge is 2.18. The van der Waals surface area contributed by atoms with E-state index in [1.165, 1.54) is 29.1 Å². The summed E-state index contributed by atoms with van der Waals surface area (Å²) in [5.74, 6) is -0.554. The zero-order valence-corrected chi connectivity index (χ0v) is 12.8. The molecular formula is C15H16N4O4. The van der Waals surface area contributed by atoms with E-state index in [4.69, 9.17) is 0 Å². The van der Waals surface area contributed by atoms with E-state index >= 15 is 0 Å². The molecule has 1 N–H and O–H groups in total. The molecule has 0 spiro atoms. The predicted octanol–water partition coefficient (Wildman–Crippen LogP) is 1.20. The Morgan fingerprint density at radius 1 is 1.35 bits per heavy atom. The molecule has 0 saturated carbocycles. The van der Waals surface area contributed by atoms with Crippen molar-refractivity contribution in [3.8, 4) is 0 Å². The summed E-state index contributed by atoms with van der Waals surface area (Å²) in [4.78, 5) is 38.4. The predicted molar refractivity (Wildman–Crippen MR) is 83.4 cm³/mol. The van der Waals surface area contributed by atoms with Gasteiger partial charge < -0.3 is 5.32 Å².